The Balaban J connectivity index is 2.00. The minimum Gasteiger partial charge on any atom is -0.455 e. The number of rotatable bonds is 3. The van der Waals surface area contributed by atoms with Crippen LogP contribution in [0, 0.1) is 0 Å². The molecule has 0 saturated heterocycles. The van der Waals surface area contributed by atoms with Gasteiger partial charge in [0.25, 0.3) is 0 Å². The van der Waals surface area contributed by atoms with E-state index in [0.717, 1.165) is 26.6 Å². The monoisotopic (exact) mass is 380 g/mol. The summed E-state index contributed by atoms with van der Waals surface area (Å²) < 4.78 is 6.84. The van der Waals surface area contributed by atoms with Gasteiger partial charge in [-0.1, -0.05) is 48.0 Å². The Hall–Kier alpha value is -1.22. The van der Waals surface area contributed by atoms with Crippen LogP contribution in [0.3, 0.4) is 0 Å². The number of benzene rings is 3. The van der Waals surface area contributed by atoms with Crippen LogP contribution in [-0.4, -0.2) is 0 Å². The third kappa shape index (κ3) is 3.03. The molecule has 3 rings (SSSR count). The van der Waals surface area contributed by atoms with E-state index < -0.39 is 0 Å². The molecule has 0 spiro atoms. The molecule has 0 amide bonds. The van der Waals surface area contributed by atoms with Gasteiger partial charge in [-0.25, -0.2) is 0 Å². The molecule has 0 radical (unpaired) electrons. The van der Waals surface area contributed by atoms with E-state index in [1.807, 2.05) is 48.5 Å². The fourth-order valence-electron chi connectivity index (χ4n) is 2.12. The zero-order chi connectivity index (χ0) is 14.8. The topological polar surface area (TPSA) is 9.23 Å². The van der Waals surface area contributed by atoms with Gasteiger partial charge in [0, 0.05) is 5.88 Å². The predicted octanol–water partition coefficient (Wildman–Crippen LogP) is 6.79. The lowest BCUT2D eigenvalue weighted by molar-refractivity contribution is 0.480. The fourth-order valence-corrected chi connectivity index (χ4v) is 3.10. The van der Waals surface area contributed by atoms with E-state index in [-0.39, 0.29) is 0 Å². The summed E-state index contributed by atoms with van der Waals surface area (Å²) in [6.45, 7) is 0. The van der Waals surface area contributed by atoms with Crippen LogP contribution in [0.5, 0.6) is 11.5 Å². The molecule has 0 saturated carbocycles. The van der Waals surface area contributed by atoms with Crippen LogP contribution in [0.2, 0.25) is 5.02 Å². The van der Waals surface area contributed by atoms with Crippen molar-refractivity contribution in [3.05, 3.63) is 69.7 Å². The molecule has 0 bridgehead atoms. The second-order valence-electron chi connectivity index (χ2n) is 4.60. The first-order valence-electron chi connectivity index (χ1n) is 6.38. The SMILES string of the molecule is ClCc1ccc(Oc2ccc3ccccc3c2Br)c(Cl)c1. The van der Waals surface area contributed by atoms with E-state index in [1.54, 1.807) is 0 Å². The molecule has 0 N–H and O–H groups in total. The van der Waals surface area contributed by atoms with Crippen LogP contribution in [0.25, 0.3) is 10.8 Å². The van der Waals surface area contributed by atoms with E-state index in [9.17, 15) is 0 Å². The first-order chi connectivity index (χ1) is 10.2. The van der Waals surface area contributed by atoms with Gasteiger partial charge in [-0.15, -0.1) is 11.6 Å². The Morgan fingerprint density at radius 2 is 1.71 bits per heavy atom. The van der Waals surface area contributed by atoms with Gasteiger partial charge in [-0.3, -0.25) is 0 Å². The Morgan fingerprint density at radius 3 is 2.48 bits per heavy atom. The van der Waals surface area contributed by atoms with E-state index in [4.69, 9.17) is 27.9 Å². The Bertz CT molecular complexity index is 802. The lowest BCUT2D eigenvalue weighted by atomic mass is 10.1. The fraction of sp³-hybridized carbons (Fsp3) is 0.0588. The lowest BCUT2D eigenvalue weighted by Crippen LogP contribution is -1.89. The van der Waals surface area contributed by atoms with Gasteiger partial charge in [-0.2, -0.15) is 0 Å². The predicted molar refractivity (Wildman–Crippen MR) is 92.7 cm³/mol. The molecular weight excluding hydrogens is 371 g/mol. The standard InChI is InChI=1S/C17H11BrCl2O/c18-17-13-4-2-1-3-12(13)6-8-16(17)21-15-7-5-11(10-19)9-14(15)20/h1-9H,10H2. The second kappa shape index (κ2) is 6.27. The number of hydrogen-bond acceptors (Lipinski definition) is 1. The van der Waals surface area contributed by atoms with Crippen LogP contribution in [0.15, 0.2) is 59.1 Å². The maximum atomic E-state index is 6.23. The van der Waals surface area contributed by atoms with E-state index in [2.05, 4.69) is 22.0 Å². The van der Waals surface area contributed by atoms with Crippen molar-refractivity contribution in [3.8, 4) is 11.5 Å². The molecule has 0 heterocycles. The summed E-state index contributed by atoms with van der Waals surface area (Å²) in [7, 11) is 0. The third-order valence-corrected chi connectivity index (χ3v) is 4.62. The molecule has 4 heteroatoms. The number of fused-ring (bicyclic) bond motifs is 1. The molecule has 0 fully saturated rings. The largest absolute Gasteiger partial charge is 0.455 e. The maximum Gasteiger partial charge on any atom is 0.146 e. The lowest BCUT2D eigenvalue weighted by Gasteiger charge is -2.11. The van der Waals surface area contributed by atoms with Gasteiger partial charge >= 0.3 is 0 Å². The van der Waals surface area contributed by atoms with Crippen molar-refractivity contribution in [2.75, 3.05) is 0 Å². The maximum absolute atomic E-state index is 6.23. The van der Waals surface area contributed by atoms with Crippen molar-refractivity contribution in [2.45, 2.75) is 5.88 Å². The van der Waals surface area contributed by atoms with Crippen molar-refractivity contribution in [2.24, 2.45) is 0 Å². The van der Waals surface area contributed by atoms with Gasteiger partial charge in [0.15, 0.2) is 0 Å². The molecule has 0 aliphatic rings. The summed E-state index contributed by atoms with van der Waals surface area (Å²) in [6, 6.07) is 17.6. The molecular formula is C17H11BrCl2O. The quantitative estimate of drug-likeness (QED) is 0.454. The van der Waals surface area contributed by atoms with Gasteiger partial charge in [-0.05, 0) is 50.5 Å². The molecule has 3 aromatic carbocycles. The summed E-state index contributed by atoms with van der Waals surface area (Å²) in [5, 5.41) is 2.80. The zero-order valence-corrected chi connectivity index (χ0v) is 14.0. The molecule has 3 aromatic rings. The Labute approximate surface area is 141 Å². The van der Waals surface area contributed by atoms with E-state index in [0.29, 0.717) is 16.7 Å². The van der Waals surface area contributed by atoms with Crippen molar-refractivity contribution >= 4 is 49.9 Å². The molecule has 106 valence electrons. The Morgan fingerprint density at radius 1 is 0.952 bits per heavy atom. The van der Waals surface area contributed by atoms with Crippen LogP contribution in [0.1, 0.15) is 5.56 Å². The van der Waals surface area contributed by atoms with Crippen molar-refractivity contribution in [1.29, 1.82) is 0 Å². The number of halogens is 3. The Kier molecular flexibility index (Phi) is 4.39. The minimum absolute atomic E-state index is 0.430. The van der Waals surface area contributed by atoms with Crippen molar-refractivity contribution in [3.63, 3.8) is 0 Å². The van der Waals surface area contributed by atoms with E-state index in [1.165, 1.54) is 0 Å². The molecule has 0 atom stereocenters. The average Bonchev–Trinajstić information content (AvgIpc) is 2.52. The zero-order valence-electron chi connectivity index (χ0n) is 10.9. The second-order valence-corrected chi connectivity index (χ2v) is 6.07. The highest BCUT2D eigenvalue weighted by Crippen LogP contribution is 2.38. The highest BCUT2D eigenvalue weighted by atomic mass is 79.9. The number of alkyl halides is 1. The molecule has 0 aromatic heterocycles. The third-order valence-electron chi connectivity index (χ3n) is 3.20. The van der Waals surface area contributed by atoms with Crippen LogP contribution < -0.4 is 4.74 Å². The number of hydrogen-bond donors (Lipinski definition) is 0. The molecule has 0 aliphatic heterocycles. The normalized spacial score (nSPS) is 10.8. The smallest absolute Gasteiger partial charge is 0.146 e. The first kappa shape index (κ1) is 14.7. The van der Waals surface area contributed by atoms with Crippen LogP contribution in [0.4, 0.5) is 0 Å². The van der Waals surface area contributed by atoms with Gasteiger partial charge < -0.3 is 4.74 Å². The number of ether oxygens (including phenoxy) is 1. The van der Waals surface area contributed by atoms with Crippen LogP contribution >= 0.6 is 39.1 Å². The molecule has 0 unspecified atom stereocenters. The average molecular weight is 382 g/mol. The highest BCUT2D eigenvalue weighted by Gasteiger charge is 2.09. The summed E-state index contributed by atoms with van der Waals surface area (Å²) >= 11 is 15.6. The highest BCUT2D eigenvalue weighted by molar-refractivity contribution is 9.10. The van der Waals surface area contributed by atoms with Crippen molar-refractivity contribution in [1.82, 2.24) is 0 Å². The van der Waals surface area contributed by atoms with Gasteiger partial charge in [0.1, 0.15) is 11.5 Å². The summed E-state index contributed by atoms with van der Waals surface area (Å²) in [5.41, 5.74) is 0.964. The van der Waals surface area contributed by atoms with Crippen molar-refractivity contribution < 1.29 is 4.74 Å². The molecule has 21 heavy (non-hydrogen) atoms. The van der Waals surface area contributed by atoms with E-state index >= 15 is 0 Å². The van der Waals surface area contributed by atoms with Gasteiger partial charge in [0.2, 0.25) is 0 Å². The first-order valence-corrected chi connectivity index (χ1v) is 8.09. The molecule has 1 nitrogen and oxygen atoms in total. The summed E-state index contributed by atoms with van der Waals surface area (Å²) in [6.07, 6.45) is 0. The van der Waals surface area contributed by atoms with Crippen LogP contribution in [-0.2, 0) is 5.88 Å². The molecule has 0 aliphatic carbocycles. The minimum atomic E-state index is 0.430. The van der Waals surface area contributed by atoms with Gasteiger partial charge in [0.05, 0.1) is 9.50 Å². The summed E-state index contributed by atoms with van der Waals surface area (Å²) in [4.78, 5) is 0. The summed E-state index contributed by atoms with van der Waals surface area (Å²) in [5.74, 6) is 1.77.